The number of carbonyl (C=O) groups is 1. The van der Waals surface area contributed by atoms with Crippen molar-refractivity contribution in [3.05, 3.63) is 29.8 Å². The average molecular weight is 358 g/mol. The number of benzene rings is 1. The lowest BCUT2D eigenvalue weighted by atomic mass is 9.92. The number of carbonyl (C=O) groups excluding carboxylic acids is 1. The van der Waals surface area contributed by atoms with Gasteiger partial charge in [-0.3, -0.25) is 15.6 Å². The lowest BCUT2D eigenvalue weighted by Gasteiger charge is -2.33. The highest BCUT2D eigenvalue weighted by Crippen LogP contribution is 2.21. The summed E-state index contributed by atoms with van der Waals surface area (Å²) < 4.78 is 11.6. The van der Waals surface area contributed by atoms with Crippen LogP contribution < -0.4 is 20.9 Å². The maximum Gasteiger partial charge on any atom is 0.220 e. The van der Waals surface area contributed by atoms with E-state index < -0.39 is 0 Å². The summed E-state index contributed by atoms with van der Waals surface area (Å²) in [6.07, 6.45) is 1.03. The zero-order chi connectivity index (χ0) is 18.5. The van der Waals surface area contributed by atoms with Gasteiger partial charge in [-0.05, 0) is 38.1 Å². The second-order valence-corrected chi connectivity index (χ2v) is 7.06. The van der Waals surface area contributed by atoms with E-state index >= 15 is 0 Å². The number of nitrogens with one attached hydrogen (secondary N) is 3. The molecule has 1 amide bonds. The molecule has 2 unspecified atom stereocenters. The average Bonchev–Trinajstić information content (AvgIpc) is 2.96. The smallest absolute Gasteiger partial charge is 0.220 e. The molecule has 7 heteroatoms. The SMILES string of the molecule is CC1NNC(C)C1CC(=O)N[C@@H]1COCC[C@H]1Oc1ccc(C#N)cc1. The van der Waals surface area contributed by atoms with Crippen LogP contribution in [0.15, 0.2) is 24.3 Å². The zero-order valence-electron chi connectivity index (χ0n) is 15.2. The highest BCUT2D eigenvalue weighted by atomic mass is 16.5. The number of hydrogen-bond acceptors (Lipinski definition) is 6. The van der Waals surface area contributed by atoms with Gasteiger partial charge in [0.25, 0.3) is 0 Å². The molecule has 0 aliphatic carbocycles. The molecule has 3 N–H and O–H groups in total. The van der Waals surface area contributed by atoms with Gasteiger partial charge < -0.3 is 14.8 Å². The van der Waals surface area contributed by atoms with Crippen LogP contribution in [0.3, 0.4) is 0 Å². The number of nitriles is 1. The fourth-order valence-electron chi connectivity index (χ4n) is 3.52. The van der Waals surface area contributed by atoms with E-state index in [1.54, 1.807) is 24.3 Å². The third-order valence-electron chi connectivity index (χ3n) is 5.15. The minimum atomic E-state index is -0.181. The Morgan fingerprint density at radius 1 is 1.31 bits per heavy atom. The molecule has 140 valence electrons. The molecular formula is C19H26N4O3. The van der Waals surface area contributed by atoms with Crippen molar-refractivity contribution in [2.24, 2.45) is 5.92 Å². The van der Waals surface area contributed by atoms with Crippen molar-refractivity contribution in [1.82, 2.24) is 16.2 Å². The van der Waals surface area contributed by atoms with Crippen LogP contribution in [0.25, 0.3) is 0 Å². The first-order chi connectivity index (χ1) is 12.6. The zero-order valence-corrected chi connectivity index (χ0v) is 15.2. The lowest BCUT2D eigenvalue weighted by molar-refractivity contribution is -0.125. The molecule has 26 heavy (non-hydrogen) atoms. The molecule has 0 aromatic heterocycles. The van der Waals surface area contributed by atoms with Crippen LogP contribution >= 0.6 is 0 Å². The van der Waals surface area contributed by atoms with Crippen LogP contribution in [-0.2, 0) is 9.53 Å². The van der Waals surface area contributed by atoms with Crippen molar-refractivity contribution < 1.29 is 14.3 Å². The van der Waals surface area contributed by atoms with Gasteiger partial charge in [-0.25, -0.2) is 0 Å². The van der Waals surface area contributed by atoms with Gasteiger partial charge in [-0.15, -0.1) is 0 Å². The van der Waals surface area contributed by atoms with Gasteiger partial charge >= 0.3 is 0 Å². The summed E-state index contributed by atoms with van der Waals surface area (Å²) in [4.78, 5) is 12.5. The Hall–Kier alpha value is -2.14. The summed E-state index contributed by atoms with van der Waals surface area (Å²) >= 11 is 0. The Morgan fingerprint density at radius 2 is 2.00 bits per heavy atom. The topological polar surface area (TPSA) is 95.4 Å². The molecule has 1 aromatic rings. The van der Waals surface area contributed by atoms with Gasteiger partial charge in [0, 0.05) is 30.8 Å². The Kier molecular flexibility index (Phi) is 6.09. The summed E-state index contributed by atoms with van der Waals surface area (Å²) in [5.74, 6) is 0.960. The molecular weight excluding hydrogens is 332 g/mol. The Labute approximate surface area is 154 Å². The van der Waals surface area contributed by atoms with Gasteiger partial charge in [0.2, 0.25) is 5.91 Å². The van der Waals surface area contributed by atoms with E-state index in [2.05, 4.69) is 36.1 Å². The lowest BCUT2D eigenvalue weighted by Crippen LogP contribution is -2.52. The molecule has 2 aliphatic heterocycles. The van der Waals surface area contributed by atoms with Crippen molar-refractivity contribution in [1.29, 1.82) is 5.26 Å². The monoisotopic (exact) mass is 358 g/mol. The molecule has 2 aliphatic rings. The first kappa shape index (κ1) is 18.6. The van der Waals surface area contributed by atoms with E-state index in [9.17, 15) is 4.79 Å². The standard InChI is InChI=1S/C19H26N4O3/c1-12-16(13(2)23-22-12)9-19(24)21-17-11-25-8-7-18(17)26-15-5-3-14(10-20)4-6-15/h3-6,12-13,16-18,22-23H,7-9,11H2,1-2H3,(H,21,24)/t12?,13?,16?,17-,18-/m1/s1. The van der Waals surface area contributed by atoms with Crippen molar-refractivity contribution in [2.45, 2.75) is 50.9 Å². The number of hydrogen-bond donors (Lipinski definition) is 3. The minimum Gasteiger partial charge on any atom is -0.488 e. The third-order valence-corrected chi connectivity index (χ3v) is 5.15. The molecule has 0 spiro atoms. The van der Waals surface area contributed by atoms with E-state index in [4.69, 9.17) is 14.7 Å². The van der Waals surface area contributed by atoms with E-state index in [0.717, 1.165) is 0 Å². The molecule has 1 aromatic carbocycles. The van der Waals surface area contributed by atoms with Crippen LogP contribution in [-0.4, -0.2) is 43.4 Å². The fraction of sp³-hybridized carbons (Fsp3) is 0.579. The fourth-order valence-corrected chi connectivity index (χ4v) is 3.52. The van der Waals surface area contributed by atoms with Crippen molar-refractivity contribution in [2.75, 3.05) is 13.2 Å². The Balaban J connectivity index is 1.57. The maximum absolute atomic E-state index is 12.5. The van der Waals surface area contributed by atoms with Crippen LogP contribution in [0.4, 0.5) is 0 Å². The van der Waals surface area contributed by atoms with Gasteiger partial charge in [0.1, 0.15) is 11.9 Å². The number of rotatable bonds is 5. The first-order valence-electron chi connectivity index (χ1n) is 9.12. The molecule has 7 nitrogen and oxygen atoms in total. The summed E-state index contributed by atoms with van der Waals surface area (Å²) in [6.45, 7) is 5.21. The minimum absolute atomic E-state index is 0.0168. The molecule has 0 bridgehead atoms. The Morgan fingerprint density at radius 3 is 2.65 bits per heavy atom. The van der Waals surface area contributed by atoms with E-state index in [-0.39, 0.29) is 36.1 Å². The molecule has 3 rings (SSSR count). The second-order valence-electron chi connectivity index (χ2n) is 7.06. The van der Waals surface area contributed by atoms with Gasteiger partial charge in [0.05, 0.1) is 30.9 Å². The summed E-state index contributed by atoms with van der Waals surface area (Å²) in [7, 11) is 0. The van der Waals surface area contributed by atoms with E-state index in [0.29, 0.717) is 37.4 Å². The molecule has 2 heterocycles. The molecule has 2 fully saturated rings. The number of amides is 1. The molecule has 4 atom stereocenters. The van der Waals surface area contributed by atoms with Crippen LogP contribution in [0.1, 0.15) is 32.3 Å². The van der Waals surface area contributed by atoms with E-state index in [1.165, 1.54) is 0 Å². The van der Waals surface area contributed by atoms with E-state index in [1.807, 2.05) is 0 Å². The largest absolute Gasteiger partial charge is 0.488 e. The van der Waals surface area contributed by atoms with Gasteiger partial charge in [0.15, 0.2) is 0 Å². The quantitative estimate of drug-likeness (QED) is 0.730. The maximum atomic E-state index is 12.5. The van der Waals surface area contributed by atoms with Crippen molar-refractivity contribution >= 4 is 5.91 Å². The predicted molar refractivity (Wildman–Crippen MR) is 96.2 cm³/mol. The summed E-state index contributed by atoms with van der Waals surface area (Å²) in [5.41, 5.74) is 6.95. The Bertz CT molecular complexity index is 648. The van der Waals surface area contributed by atoms with Crippen LogP contribution in [0, 0.1) is 17.2 Å². The number of hydrazine groups is 1. The molecule has 2 saturated heterocycles. The van der Waals surface area contributed by atoms with Gasteiger partial charge in [-0.2, -0.15) is 5.26 Å². The van der Waals surface area contributed by atoms with Crippen molar-refractivity contribution in [3.63, 3.8) is 0 Å². The highest BCUT2D eigenvalue weighted by Gasteiger charge is 2.34. The first-order valence-corrected chi connectivity index (χ1v) is 9.12. The molecule has 0 radical (unpaired) electrons. The normalized spacial score (nSPS) is 31.2. The van der Waals surface area contributed by atoms with Gasteiger partial charge in [-0.1, -0.05) is 0 Å². The highest BCUT2D eigenvalue weighted by molar-refractivity contribution is 5.76. The summed E-state index contributed by atoms with van der Waals surface area (Å²) in [5, 5.41) is 12.0. The van der Waals surface area contributed by atoms with Crippen LogP contribution in [0.5, 0.6) is 5.75 Å². The van der Waals surface area contributed by atoms with Crippen LogP contribution in [0.2, 0.25) is 0 Å². The predicted octanol–water partition coefficient (Wildman–Crippen LogP) is 1.10. The molecule has 0 saturated carbocycles. The van der Waals surface area contributed by atoms with Crippen molar-refractivity contribution in [3.8, 4) is 11.8 Å². The third kappa shape index (κ3) is 4.52. The number of nitrogens with zero attached hydrogens (tertiary/aromatic N) is 1. The second kappa shape index (κ2) is 8.49. The number of ether oxygens (including phenoxy) is 2. The summed E-state index contributed by atoms with van der Waals surface area (Å²) in [6, 6.07) is 9.44.